The number of hydrogen-bond donors (Lipinski definition) is 3. The lowest BCUT2D eigenvalue weighted by molar-refractivity contribution is -0.116. The molecule has 0 saturated heterocycles. The largest absolute Gasteiger partial charge is 0.321 e. The van der Waals surface area contributed by atoms with Crippen LogP contribution in [-0.2, 0) is 9.59 Å². The molecule has 2 heterocycles. The van der Waals surface area contributed by atoms with Gasteiger partial charge in [-0.15, -0.1) is 11.8 Å². The Labute approximate surface area is 251 Å². The number of amides is 3. The van der Waals surface area contributed by atoms with Gasteiger partial charge in [0.1, 0.15) is 16.8 Å². The fourth-order valence-electron chi connectivity index (χ4n) is 3.98. The van der Waals surface area contributed by atoms with E-state index < -0.39 is 11.2 Å². The van der Waals surface area contributed by atoms with Crippen LogP contribution in [0.15, 0.2) is 137 Å². The third-order valence-corrected chi connectivity index (χ3v) is 7.93. The number of nitrogens with zero attached hydrogens (tertiary/aromatic N) is 1. The van der Waals surface area contributed by atoms with E-state index in [1.165, 1.54) is 23.1 Å². The summed E-state index contributed by atoms with van der Waals surface area (Å²) in [6.45, 7) is 0. The van der Waals surface area contributed by atoms with Crippen molar-refractivity contribution in [3.63, 3.8) is 0 Å². The van der Waals surface area contributed by atoms with Crippen molar-refractivity contribution in [1.82, 2.24) is 10.3 Å². The van der Waals surface area contributed by atoms with Crippen molar-refractivity contribution >= 4 is 58.4 Å². The number of nitrogens with one attached hydrogen (secondary N) is 3. The third kappa shape index (κ3) is 7.81. The minimum Gasteiger partial charge on any atom is -0.321 e. The molecule has 0 bridgehead atoms. The summed E-state index contributed by atoms with van der Waals surface area (Å²) in [6, 6.07) is 32.6. The lowest BCUT2D eigenvalue weighted by Gasteiger charge is -2.17. The summed E-state index contributed by atoms with van der Waals surface area (Å²) in [5.41, 5.74) is 2.70. The van der Waals surface area contributed by atoms with E-state index in [0.29, 0.717) is 17.1 Å². The summed E-state index contributed by atoms with van der Waals surface area (Å²) < 4.78 is 0. The Balaban J connectivity index is 1.35. The highest BCUT2D eigenvalue weighted by molar-refractivity contribution is 8.00. The maximum absolute atomic E-state index is 13.4. The van der Waals surface area contributed by atoms with E-state index in [1.54, 1.807) is 60.8 Å². The van der Waals surface area contributed by atoms with Crippen LogP contribution in [0, 0.1) is 0 Å². The van der Waals surface area contributed by atoms with Crippen LogP contribution in [0.5, 0.6) is 0 Å². The molecule has 5 aromatic rings. The van der Waals surface area contributed by atoms with E-state index in [0.717, 1.165) is 16.0 Å². The number of thioether (sulfide) groups is 1. The number of rotatable bonds is 10. The zero-order chi connectivity index (χ0) is 29.1. The van der Waals surface area contributed by atoms with Crippen LogP contribution in [-0.4, -0.2) is 22.7 Å². The molecule has 0 fully saturated rings. The predicted molar refractivity (Wildman–Crippen MR) is 169 cm³/mol. The molecule has 1 atom stereocenters. The zero-order valence-corrected chi connectivity index (χ0v) is 23.9. The summed E-state index contributed by atoms with van der Waals surface area (Å²) in [7, 11) is 0. The average molecular weight is 591 g/mol. The average Bonchev–Trinajstić information content (AvgIpc) is 3.54. The number of hydrogen-bond acceptors (Lipinski definition) is 6. The molecule has 7 nitrogen and oxygen atoms in total. The van der Waals surface area contributed by atoms with E-state index in [9.17, 15) is 14.4 Å². The van der Waals surface area contributed by atoms with Crippen molar-refractivity contribution in [3.8, 4) is 0 Å². The van der Waals surface area contributed by atoms with E-state index >= 15 is 0 Å². The van der Waals surface area contributed by atoms with Gasteiger partial charge in [-0.3, -0.25) is 14.4 Å². The van der Waals surface area contributed by atoms with Gasteiger partial charge in [-0.25, -0.2) is 4.98 Å². The first-order chi connectivity index (χ1) is 20.5. The van der Waals surface area contributed by atoms with E-state index in [4.69, 9.17) is 0 Å². The van der Waals surface area contributed by atoms with Crippen LogP contribution in [0.4, 0.5) is 11.5 Å². The first kappa shape index (κ1) is 28.5. The number of aromatic nitrogens is 1. The molecular formula is C33H26N4O3S2. The smallest absolute Gasteiger partial charge is 0.272 e. The van der Waals surface area contributed by atoms with Crippen molar-refractivity contribution in [2.75, 3.05) is 10.6 Å². The van der Waals surface area contributed by atoms with Crippen LogP contribution in [0.1, 0.15) is 26.7 Å². The lowest BCUT2D eigenvalue weighted by Crippen LogP contribution is -2.30. The maximum Gasteiger partial charge on any atom is 0.272 e. The minimum absolute atomic E-state index is 0.109. The first-order valence-electron chi connectivity index (χ1n) is 13.0. The molecule has 2 aromatic heterocycles. The Morgan fingerprint density at radius 1 is 0.810 bits per heavy atom. The second-order valence-electron chi connectivity index (χ2n) is 9.03. The van der Waals surface area contributed by atoms with Gasteiger partial charge < -0.3 is 16.0 Å². The number of benzene rings is 3. The Bertz CT molecular complexity index is 1680. The molecule has 0 radical (unpaired) electrons. The molecule has 3 amide bonds. The Hall–Kier alpha value is -4.99. The molecular weight excluding hydrogens is 565 g/mol. The topological polar surface area (TPSA) is 100 Å². The molecule has 42 heavy (non-hydrogen) atoms. The Kier molecular flexibility index (Phi) is 9.56. The predicted octanol–water partition coefficient (Wildman–Crippen LogP) is 7.02. The molecule has 9 heteroatoms. The first-order valence-corrected chi connectivity index (χ1v) is 14.8. The van der Waals surface area contributed by atoms with Gasteiger partial charge in [-0.1, -0.05) is 60.7 Å². The van der Waals surface area contributed by atoms with Crippen molar-refractivity contribution in [1.29, 1.82) is 0 Å². The fourth-order valence-corrected chi connectivity index (χ4v) is 5.68. The minimum atomic E-state index is -0.571. The standard InChI is InChI=1S/C33H26N4O3S2/c38-31(25-12-5-2-6-13-25)36-28(20-23-17-19-41-22-23)32(39)35-26-14-9-15-27(21-26)42-30(24-10-3-1-4-11-24)33(40)37-29-16-7-8-18-34-29/h1-22,30H,(H,35,39)(H,36,38)(H,34,37,40)/b28-20-. The molecule has 0 spiro atoms. The number of carbonyl (C=O) groups excluding carboxylic acids is 3. The molecule has 3 aromatic carbocycles. The summed E-state index contributed by atoms with van der Waals surface area (Å²) in [4.78, 5) is 44.6. The van der Waals surface area contributed by atoms with Gasteiger partial charge in [0.15, 0.2) is 0 Å². The Morgan fingerprint density at radius 2 is 1.57 bits per heavy atom. The molecule has 1 unspecified atom stereocenters. The van der Waals surface area contributed by atoms with Gasteiger partial charge in [0.2, 0.25) is 5.91 Å². The second-order valence-corrected chi connectivity index (χ2v) is 11.0. The number of thiophene rings is 1. The van der Waals surface area contributed by atoms with Crippen LogP contribution < -0.4 is 16.0 Å². The third-order valence-electron chi connectivity index (χ3n) is 5.99. The van der Waals surface area contributed by atoms with Crippen molar-refractivity contribution < 1.29 is 14.4 Å². The normalized spacial score (nSPS) is 11.8. The number of carbonyl (C=O) groups is 3. The van der Waals surface area contributed by atoms with Crippen LogP contribution in [0.3, 0.4) is 0 Å². The molecule has 0 aliphatic carbocycles. The second kappa shape index (κ2) is 14.1. The van der Waals surface area contributed by atoms with Gasteiger partial charge in [-0.05, 0) is 76.5 Å². The molecule has 3 N–H and O–H groups in total. The van der Waals surface area contributed by atoms with Crippen LogP contribution >= 0.6 is 23.1 Å². The van der Waals surface area contributed by atoms with Crippen LogP contribution in [0.2, 0.25) is 0 Å². The molecule has 0 aliphatic heterocycles. The summed E-state index contributed by atoms with van der Waals surface area (Å²) in [6.07, 6.45) is 3.26. The highest BCUT2D eigenvalue weighted by Crippen LogP contribution is 2.37. The summed E-state index contributed by atoms with van der Waals surface area (Å²) in [5, 5.41) is 11.7. The van der Waals surface area contributed by atoms with E-state index in [2.05, 4.69) is 20.9 Å². The molecule has 208 valence electrons. The maximum atomic E-state index is 13.4. The van der Waals surface area contributed by atoms with E-state index in [1.807, 2.05) is 71.4 Å². The Morgan fingerprint density at radius 3 is 2.29 bits per heavy atom. The van der Waals surface area contributed by atoms with Crippen molar-refractivity contribution in [2.45, 2.75) is 10.1 Å². The fraction of sp³-hybridized carbons (Fsp3) is 0.0303. The van der Waals surface area contributed by atoms with Crippen molar-refractivity contribution in [2.24, 2.45) is 0 Å². The van der Waals surface area contributed by atoms with Crippen LogP contribution in [0.25, 0.3) is 6.08 Å². The highest BCUT2D eigenvalue weighted by atomic mass is 32.2. The van der Waals surface area contributed by atoms with E-state index in [-0.39, 0.29) is 17.5 Å². The highest BCUT2D eigenvalue weighted by Gasteiger charge is 2.23. The molecule has 0 saturated carbocycles. The quantitative estimate of drug-likeness (QED) is 0.120. The van der Waals surface area contributed by atoms with Gasteiger partial charge in [0.05, 0.1) is 0 Å². The van der Waals surface area contributed by atoms with Gasteiger partial charge >= 0.3 is 0 Å². The van der Waals surface area contributed by atoms with Gasteiger partial charge in [0, 0.05) is 22.3 Å². The SMILES string of the molecule is O=C(Nc1cccc(SC(C(=O)Nc2ccccn2)c2ccccc2)c1)/C(=C/c1ccsc1)NC(=O)c1ccccc1. The summed E-state index contributed by atoms with van der Waals surface area (Å²) >= 11 is 2.85. The number of pyridine rings is 1. The number of anilines is 2. The van der Waals surface area contributed by atoms with Crippen molar-refractivity contribution in [3.05, 3.63) is 149 Å². The zero-order valence-electron chi connectivity index (χ0n) is 22.3. The van der Waals surface area contributed by atoms with Gasteiger partial charge in [-0.2, -0.15) is 11.3 Å². The van der Waals surface area contributed by atoms with Gasteiger partial charge in [0.25, 0.3) is 11.8 Å². The molecule has 5 rings (SSSR count). The lowest BCUT2D eigenvalue weighted by atomic mass is 10.1. The monoisotopic (exact) mass is 590 g/mol. The molecule has 0 aliphatic rings. The summed E-state index contributed by atoms with van der Waals surface area (Å²) in [5.74, 6) is -0.613.